The van der Waals surface area contributed by atoms with Crippen molar-refractivity contribution in [3.8, 4) is 0 Å². The van der Waals surface area contributed by atoms with Crippen LogP contribution in [0.1, 0.15) is 5.56 Å². The summed E-state index contributed by atoms with van der Waals surface area (Å²) in [5.74, 6) is -1.12. The van der Waals surface area contributed by atoms with Crippen molar-refractivity contribution in [3.05, 3.63) is 34.2 Å². The number of pyridine rings is 1. The normalized spacial score (nSPS) is 11.5. The van der Waals surface area contributed by atoms with Gasteiger partial charge in [-0.05, 0) is 12.0 Å². The summed E-state index contributed by atoms with van der Waals surface area (Å²) in [5, 5.41) is 17.5. The topological polar surface area (TPSA) is 106 Å². The van der Waals surface area contributed by atoms with Crippen LogP contribution >= 0.6 is 12.4 Å². The molecule has 6 nitrogen and oxygen atoms in total. The second kappa shape index (κ2) is 5.38. The number of carboxylic acid groups (broad SMARTS) is 1. The molecule has 0 amide bonds. The molecule has 0 saturated heterocycles. The summed E-state index contributed by atoms with van der Waals surface area (Å²) in [6.45, 7) is 0. The van der Waals surface area contributed by atoms with E-state index in [9.17, 15) is 9.59 Å². The van der Waals surface area contributed by atoms with E-state index in [0.29, 0.717) is 10.3 Å². The number of nitrogens with two attached hydrogens (primary N) is 1. The molecule has 1 heterocycles. The van der Waals surface area contributed by atoms with Crippen LogP contribution in [0.25, 0.3) is 0 Å². The summed E-state index contributed by atoms with van der Waals surface area (Å²) in [5.41, 5.74) is 5.18. The highest BCUT2D eigenvalue weighted by molar-refractivity contribution is 5.85. The van der Waals surface area contributed by atoms with Crippen molar-refractivity contribution < 1.29 is 15.1 Å². The Morgan fingerprint density at radius 3 is 2.60 bits per heavy atom. The SMILES string of the molecule is Cl.NC(Cc1ccc(=O)n(O)c1)C(=O)O. The standard InChI is InChI=1S/C8H10N2O4.ClH/c9-6(8(12)13)3-5-1-2-7(11)10(14)4-5;/h1-2,4,6,14H,3,9H2,(H,12,13);1H. The molecule has 0 aliphatic rings. The number of nitrogens with zero attached hydrogens (tertiary/aromatic N) is 1. The molecule has 4 N–H and O–H groups in total. The molecule has 1 atom stereocenters. The first-order valence-electron chi connectivity index (χ1n) is 3.90. The maximum atomic E-state index is 10.8. The summed E-state index contributed by atoms with van der Waals surface area (Å²) in [6, 6.07) is 1.54. The van der Waals surface area contributed by atoms with Crippen LogP contribution in [-0.4, -0.2) is 27.1 Å². The molecular weight excluding hydrogens is 224 g/mol. The van der Waals surface area contributed by atoms with Crippen LogP contribution in [-0.2, 0) is 11.2 Å². The third-order valence-corrected chi connectivity index (χ3v) is 1.73. The summed E-state index contributed by atoms with van der Waals surface area (Å²) in [6.07, 6.45) is 1.21. The summed E-state index contributed by atoms with van der Waals surface area (Å²) in [7, 11) is 0. The lowest BCUT2D eigenvalue weighted by Crippen LogP contribution is -2.32. The van der Waals surface area contributed by atoms with Gasteiger partial charge >= 0.3 is 5.97 Å². The molecular formula is C8H11ClN2O4. The zero-order valence-electron chi connectivity index (χ0n) is 7.66. The van der Waals surface area contributed by atoms with Crippen LogP contribution in [0.5, 0.6) is 0 Å². The van der Waals surface area contributed by atoms with Gasteiger partial charge in [0.25, 0.3) is 5.56 Å². The second-order valence-corrected chi connectivity index (χ2v) is 2.87. The number of halogens is 1. The third-order valence-electron chi connectivity index (χ3n) is 1.73. The third kappa shape index (κ3) is 3.61. The Morgan fingerprint density at radius 2 is 2.13 bits per heavy atom. The molecule has 0 radical (unpaired) electrons. The average Bonchev–Trinajstić information content (AvgIpc) is 2.11. The van der Waals surface area contributed by atoms with Crippen LogP contribution in [0.3, 0.4) is 0 Å². The van der Waals surface area contributed by atoms with Gasteiger partial charge in [0, 0.05) is 6.07 Å². The largest absolute Gasteiger partial charge is 0.480 e. The number of rotatable bonds is 3. The number of hydrogen-bond donors (Lipinski definition) is 3. The number of aliphatic carboxylic acids is 1. The van der Waals surface area contributed by atoms with E-state index in [0.717, 1.165) is 12.3 Å². The van der Waals surface area contributed by atoms with E-state index in [4.69, 9.17) is 16.0 Å². The molecule has 0 bridgehead atoms. The van der Waals surface area contributed by atoms with Crippen molar-refractivity contribution in [2.75, 3.05) is 0 Å². The Balaban J connectivity index is 0.00000196. The first kappa shape index (κ1) is 13.5. The van der Waals surface area contributed by atoms with Crippen LogP contribution in [0, 0.1) is 0 Å². The summed E-state index contributed by atoms with van der Waals surface area (Å²) >= 11 is 0. The van der Waals surface area contributed by atoms with E-state index in [1.807, 2.05) is 0 Å². The number of carboxylic acids is 1. The predicted molar refractivity (Wildman–Crippen MR) is 54.4 cm³/mol. The average molecular weight is 235 g/mol. The van der Waals surface area contributed by atoms with Gasteiger partial charge in [0.05, 0.1) is 6.20 Å². The van der Waals surface area contributed by atoms with Crippen molar-refractivity contribution in [1.82, 2.24) is 4.73 Å². The molecule has 0 aliphatic heterocycles. The van der Waals surface area contributed by atoms with Crippen molar-refractivity contribution in [2.45, 2.75) is 12.5 Å². The lowest BCUT2D eigenvalue weighted by Gasteiger charge is -2.06. The summed E-state index contributed by atoms with van der Waals surface area (Å²) < 4.78 is 0.393. The predicted octanol–water partition coefficient (Wildman–Crippen LogP) is -0.538. The van der Waals surface area contributed by atoms with E-state index in [1.165, 1.54) is 6.07 Å². The number of hydrogen-bond acceptors (Lipinski definition) is 4. The monoisotopic (exact) mass is 234 g/mol. The highest BCUT2D eigenvalue weighted by Gasteiger charge is 2.12. The van der Waals surface area contributed by atoms with E-state index in [2.05, 4.69) is 0 Å². The van der Waals surface area contributed by atoms with Crippen molar-refractivity contribution in [2.24, 2.45) is 5.73 Å². The Kier molecular flexibility index (Phi) is 4.83. The Hall–Kier alpha value is -1.53. The first-order chi connectivity index (χ1) is 6.50. The van der Waals surface area contributed by atoms with Gasteiger partial charge in [-0.15, -0.1) is 12.4 Å². The maximum Gasteiger partial charge on any atom is 0.320 e. The molecule has 1 aromatic heterocycles. The molecule has 1 aromatic rings. The van der Waals surface area contributed by atoms with E-state index in [-0.39, 0.29) is 18.8 Å². The molecule has 0 aliphatic carbocycles. The maximum absolute atomic E-state index is 10.8. The minimum atomic E-state index is -1.12. The van der Waals surface area contributed by atoms with Crippen molar-refractivity contribution in [3.63, 3.8) is 0 Å². The van der Waals surface area contributed by atoms with Crippen LogP contribution in [0.4, 0.5) is 0 Å². The van der Waals surface area contributed by atoms with Crippen molar-refractivity contribution in [1.29, 1.82) is 0 Å². The molecule has 1 rings (SSSR count). The smallest absolute Gasteiger partial charge is 0.320 e. The molecule has 7 heteroatoms. The second-order valence-electron chi connectivity index (χ2n) is 2.87. The fraction of sp³-hybridized carbons (Fsp3) is 0.250. The lowest BCUT2D eigenvalue weighted by atomic mass is 10.1. The first-order valence-corrected chi connectivity index (χ1v) is 3.90. The molecule has 1 unspecified atom stereocenters. The van der Waals surface area contributed by atoms with Crippen LogP contribution < -0.4 is 11.3 Å². The molecule has 15 heavy (non-hydrogen) atoms. The Morgan fingerprint density at radius 1 is 1.53 bits per heavy atom. The fourth-order valence-corrected chi connectivity index (χ4v) is 0.980. The van der Waals surface area contributed by atoms with E-state index < -0.39 is 17.6 Å². The van der Waals surface area contributed by atoms with Crippen LogP contribution in [0.15, 0.2) is 23.1 Å². The van der Waals surface area contributed by atoms with Gasteiger partial charge in [0.1, 0.15) is 6.04 Å². The lowest BCUT2D eigenvalue weighted by molar-refractivity contribution is -0.138. The zero-order valence-corrected chi connectivity index (χ0v) is 8.48. The van der Waals surface area contributed by atoms with Gasteiger partial charge in [0.2, 0.25) is 0 Å². The minimum Gasteiger partial charge on any atom is -0.480 e. The minimum absolute atomic E-state index is 0. The molecule has 0 spiro atoms. The van der Waals surface area contributed by atoms with Gasteiger partial charge in [0.15, 0.2) is 0 Å². The number of aromatic nitrogens is 1. The molecule has 0 saturated carbocycles. The fourth-order valence-electron chi connectivity index (χ4n) is 0.980. The Bertz CT molecular complexity index is 404. The van der Waals surface area contributed by atoms with Gasteiger partial charge in [-0.2, -0.15) is 4.73 Å². The molecule has 84 valence electrons. The number of carbonyl (C=O) groups is 1. The van der Waals surface area contributed by atoms with Gasteiger partial charge < -0.3 is 16.0 Å². The van der Waals surface area contributed by atoms with Gasteiger partial charge in [-0.3, -0.25) is 9.59 Å². The quantitative estimate of drug-likeness (QED) is 0.609. The van der Waals surface area contributed by atoms with Crippen molar-refractivity contribution >= 4 is 18.4 Å². The molecule has 0 aromatic carbocycles. The van der Waals surface area contributed by atoms with E-state index >= 15 is 0 Å². The highest BCUT2D eigenvalue weighted by Crippen LogP contribution is 1.99. The van der Waals surface area contributed by atoms with Crippen LogP contribution in [0.2, 0.25) is 0 Å². The molecule has 0 fully saturated rings. The zero-order chi connectivity index (χ0) is 10.7. The Labute approximate surface area is 91.3 Å². The van der Waals surface area contributed by atoms with E-state index in [1.54, 1.807) is 0 Å². The summed E-state index contributed by atoms with van der Waals surface area (Å²) in [4.78, 5) is 21.2. The highest BCUT2D eigenvalue weighted by atomic mass is 35.5. The van der Waals surface area contributed by atoms with Gasteiger partial charge in [-0.25, -0.2) is 0 Å². The van der Waals surface area contributed by atoms with Gasteiger partial charge in [-0.1, -0.05) is 6.07 Å².